The molecule has 0 aromatic heterocycles. The molecule has 0 saturated carbocycles. The Morgan fingerprint density at radius 1 is 0.645 bits per heavy atom. The van der Waals surface area contributed by atoms with E-state index in [0.717, 1.165) is 11.5 Å². The maximum atomic E-state index is 10.5. The van der Waals surface area contributed by atoms with E-state index in [4.69, 9.17) is 9.47 Å². The number of aliphatic hydroxyl groups is 2. The first-order chi connectivity index (χ1) is 14.4. The normalized spacial score (nSPS) is 24.3. The zero-order chi connectivity index (χ0) is 22.8. The standard InChI is InChI=1S/C26H36O4Se/c1-25(2,3)17-7-11-19(12-8-17)29-15-21-23(27)24(28)22(31-21)16-30-20-13-9-18(10-14-20)26(4,5)6/h7-14,21-24,27-28H,15-16H2,1-6H3/t21-,22-,23+,24+/m0/s1. The van der Waals surface area contributed by atoms with Gasteiger partial charge in [0.25, 0.3) is 0 Å². The maximum absolute atomic E-state index is 10.5. The molecule has 1 aliphatic heterocycles. The Morgan fingerprint density at radius 3 is 1.26 bits per heavy atom. The number of hydrogen-bond donors (Lipinski definition) is 2. The van der Waals surface area contributed by atoms with Crippen molar-refractivity contribution in [2.24, 2.45) is 0 Å². The molecule has 0 aliphatic carbocycles. The molecule has 0 spiro atoms. The van der Waals surface area contributed by atoms with Gasteiger partial charge in [-0.3, -0.25) is 0 Å². The third kappa shape index (κ3) is 6.26. The van der Waals surface area contributed by atoms with Gasteiger partial charge in [-0.1, -0.05) is 0 Å². The summed E-state index contributed by atoms with van der Waals surface area (Å²) in [5.74, 6) is 1.59. The van der Waals surface area contributed by atoms with Gasteiger partial charge in [-0.25, -0.2) is 0 Å². The van der Waals surface area contributed by atoms with Crippen molar-refractivity contribution >= 4 is 15.0 Å². The van der Waals surface area contributed by atoms with Crippen molar-refractivity contribution in [3.8, 4) is 11.5 Å². The van der Waals surface area contributed by atoms with Gasteiger partial charge in [-0.15, -0.1) is 0 Å². The first-order valence-electron chi connectivity index (χ1n) is 10.9. The van der Waals surface area contributed by atoms with Gasteiger partial charge in [-0.2, -0.15) is 0 Å². The Kier molecular flexibility index (Phi) is 7.43. The fourth-order valence-electron chi connectivity index (χ4n) is 3.56. The summed E-state index contributed by atoms with van der Waals surface area (Å²) in [5, 5.41) is 21.0. The topological polar surface area (TPSA) is 58.9 Å². The number of ether oxygens (including phenoxy) is 2. The molecule has 1 fully saturated rings. The van der Waals surface area contributed by atoms with Gasteiger partial charge in [0.2, 0.25) is 0 Å². The van der Waals surface area contributed by atoms with Crippen LogP contribution in [0.2, 0.25) is 9.63 Å². The molecule has 170 valence electrons. The van der Waals surface area contributed by atoms with E-state index in [0.29, 0.717) is 13.2 Å². The summed E-state index contributed by atoms with van der Waals surface area (Å²) in [5.41, 5.74) is 2.72. The first kappa shape index (κ1) is 24.1. The molecule has 0 amide bonds. The molecule has 31 heavy (non-hydrogen) atoms. The molecule has 2 aromatic carbocycles. The van der Waals surface area contributed by atoms with Gasteiger partial charge in [0.1, 0.15) is 0 Å². The van der Waals surface area contributed by atoms with Crippen LogP contribution in [0.15, 0.2) is 48.5 Å². The minimum atomic E-state index is -0.772. The number of hydrogen-bond acceptors (Lipinski definition) is 4. The zero-order valence-electron chi connectivity index (χ0n) is 19.5. The van der Waals surface area contributed by atoms with Crippen LogP contribution in [0.3, 0.4) is 0 Å². The molecule has 4 atom stereocenters. The monoisotopic (exact) mass is 492 g/mol. The fraction of sp³-hybridized carbons (Fsp3) is 0.538. The first-order valence-corrected chi connectivity index (χ1v) is 12.9. The summed E-state index contributed by atoms with van der Waals surface area (Å²) in [6.45, 7) is 13.9. The molecule has 0 bridgehead atoms. The number of aliphatic hydroxyl groups excluding tert-OH is 2. The second kappa shape index (κ2) is 9.54. The van der Waals surface area contributed by atoms with Crippen LogP contribution in [0.5, 0.6) is 11.5 Å². The zero-order valence-corrected chi connectivity index (χ0v) is 21.2. The van der Waals surface area contributed by atoms with E-state index in [9.17, 15) is 10.2 Å². The van der Waals surface area contributed by atoms with Crippen LogP contribution in [-0.2, 0) is 10.8 Å². The molecule has 4 nitrogen and oxygen atoms in total. The molecule has 0 unspecified atom stereocenters. The summed E-state index contributed by atoms with van der Waals surface area (Å²) in [6.07, 6.45) is -1.54. The molecule has 3 rings (SSSR count). The fourth-order valence-corrected chi connectivity index (χ4v) is 6.47. The Hall–Kier alpha value is -1.52. The Bertz CT molecular complexity index is 762. The molecular weight excluding hydrogens is 455 g/mol. The van der Waals surface area contributed by atoms with Crippen LogP contribution in [0.4, 0.5) is 0 Å². The quantitative estimate of drug-likeness (QED) is 0.573. The van der Waals surface area contributed by atoms with Gasteiger partial charge in [0.05, 0.1) is 0 Å². The molecule has 1 saturated heterocycles. The van der Waals surface area contributed by atoms with Crippen molar-refractivity contribution in [3.05, 3.63) is 59.7 Å². The van der Waals surface area contributed by atoms with Gasteiger partial charge in [0.15, 0.2) is 0 Å². The summed E-state index contributed by atoms with van der Waals surface area (Å²) >= 11 is 0.0233. The van der Waals surface area contributed by atoms with Crippen molar-refractivity contribution in [3.63, 3.8) is 0 Å². The Morgan fingerprint density at radius 2 is 0.968 bits per heavy atom. The van der Waals surface area contributed by atoms with E-state index < -0.39 is 12.2 Å². The third-order valence-corrected chi connectivity index (χ3v) is 8.94. The van der Waals surface area contributed by atoms with E-state index in [1.54, 1.807) is 0 Å². The Balaban J connectivity index is 1.51. The summed E-state index contributed by atoms with van der Waals surface area (Å²) in [6, 6.07) is 16.3. The van der Waals surface area contributed by atoms with Crippen LogP contribution >= 0.6 is 0 Å². The molecule has 1 aliphatic rings. The molecule has 1 heterocycles. The van der Waals surface area contributed by atoms with Crippen molar-refractivity contribution in [1.29, 1.82) is 0 Å². The molecule has 2 aromatic rings. The number of benzene rings is 2. The predicted molar refractivity (Wildman–Crippen MR) is 127 cm³/mol. The van der Waals surface area contributed by atoms with Crippen LogP contribution in [-0.4, -0.2) is 50.6 Å². The van der Waals surface area contributed by atoms with Gasteiger partial charge < -0.3 is 0 Å². The Labute approximate surface area is 193 Å². The van der Waals surface area contributed by atoms with Crippen LogP contribution in [0.1, 0.15) is 52.7 Å². The summed E-state index contributed by atoms with van der Waals surface area (Å²) < 4.78 is 11.9. The van der Waals surface area contributed by atoms with E-state index in [2.05, 4.69) is 65.8 Å². The van der Waals surface area contributed by atoms with Crippen LogP contribution < -0.4 is 9.47 Å². The summed E-state index contributed by atoms with van der Waals surface area (Å²) in [4.78, 5) is -0.108. The summed E-state index contributed by atoms with van der Waals surface area (Å²) in [7, 11) is 0. The van der Waals surface area contributed by atoms with Crippen LogP contribution in [0, 0.1) is 0 Å². The van der Waals surface area contributed by atoms with Crippen molar-refractivity contribution < 1.29 is 19.7 Å². The average molecular weight is 492 g/mol. The van der Waals surface area contributed by atoms with Gasteiger partial charge in [0, 0.05) is 0 Å². The molecular formula is C26H36O4Se. The van der Waals surface area contributed by atoms with Gasteiger partial charge >= 0.3 is 193 Å². The van der Waals surface area contributed by atoms with E-state index in [1.165, 1.54) is 11.1 Å². The van der Waals surface area contributed by atoms with E-state index >= 15 is 0 Å². The predicted octanol–water partition coefficient (Wildman–Crippen LogP) is 4.76. The van der Waals surface area contributed by atoms with E-state index in [1.807, 2.05) is 24.3 Å². The third-order valence-electron chi connectivity index (χ3n) is 5.73. The van der Waals surface area contributed by atoms with Crippen LogP contribution in [0.25, 0.3) is 0 Å². The van der Waals surface area contributed by atoms with Crippen molar-refractivity contribution in [2.45, 2.75) is 74.2 Å². The van der Waals surface area contributed by atoms with Crippen molar-refractivity contribution in [2.75, 3.05) is 13.2 Å². The average Bonchev–Trinajstić information content (AvgIpc) is 2.98. The van der Waals surface area contributed by atoms with Gasteiger partial charge in [-0.05, 0) is 0 Å². The second-order valence-corrected chi connectivity index (χ2v) is 13.5. The number of rotatable bonds is 6. The minimum absolute atomic E-state index is 0.0233. The SMILES string of the molecule is CC(C)(C)c1ccc(OC[C@@H]2[Se][C@@H](COc3ccc(C(C)(C)C)cc3)[C@@H](O)[C@@H]2O)cc1. The molecule has 2 N–H and O–H groups in total. The molecule has 5 heteroatoms. The van der Waals surface area contributed by atoms with E-state index in [-0.39, 0.29) is 35.4 Å². The van der Waals surface area contributed by atoms with Crippen molar-refractivity contribution in [1.82, 2.24) is 0 Å². The second-order valence-electron chi connectivity index (χ2n) is 10.4. The molecule has 0 radical (unpaired) electrons.